The van der Waals surface area contributed by atoms with Gasteiger partial charge in [-0.15, -0.1) is 0 Å². The van der Waals surface area contributed by atoms with Gasteiger partial charge < -0.3 is 31.3 Å². The van der Waals surface area contributed by atoms with E-state index in [1.165, 1.54) is 62.3 Å². The van der Waals surface area contributed by atoms with E-state index >= 15 is 0 Å². The Morgan fingerprint density at radius 2 is 1.02 bits per heavy atom. The van der Waals surface area contributed by atoms with Crippen LogP contribution in [0.25, 0.3) is 0 Å². The lowest BCUT2D eigenvalue weighted by Gasteiger charge is -2.52. The predicted molar refractivity (Wildman–Crippen MR) is 224 cm³/mol. The van der Waals surface area contributed by atoms with Gasteiger partial charge in [-0.2, -0.15) is 0 Å². The first kappa shape index (κ1) is 45.9. The van der Waals surface area contributed by atoms with E-state index < -0.39 is 140 Å². The maximum absolute atomic E-state index is 14.1. The number of carbonyl (C=O) groups is 10. The third-order valence-corrected chi connectivity index (χ3v) is 14.7. The standard InChI is InChI=1S/C48H45N3O15/c1-50(2)35-25-17-21-15-23-19(11-13-27(52)31(23)37(54)29(21)41(58)47(25,65)43(60)33(39(35)56)45(49)62)9-7-5-6-8-10-20-12-14-28(53)32-24(20)16-22-18-26-36(51(3)4)40(57)34(46(63)64)44(61)48(26,66)42(59)30(22)38(32)55/h11-14,21-22,25-26,29-30,33-36,52-53,65-66H,5-6,15-18H2,1-4H3,(H2,49,62)(H,63,64)/t21-,22-,25-,26-,29?,30?,33?,34?,35-,36-,47-,48-/m0/s1. The lowest BCUT2D eigenvalue weighted by atomic mass is 9.52. The Morgan fingerprint density at radius 3 is 1.38 bits per heavy atom. The van der Waals surface area contributed by atoms with Crippen molar-refractivity contribution in [3.05, 3.63) is 57.6 Å². The van der Waals surface area contributed by atoms with Crippen molar-refractivity contribution in [2.45, 2.75) is 61.8 Å². The van der Waals surface area contributed by atoms with Gasteiger partial charge in [0.25, 0.3) is 0 Å². The third kappa shape index (κ3) is 6.41. The molecule has 0 heterocycles. The minimum absolute atomic E-state index is 0.00163. The molecule has 7 N–H and O–H groups in total. The highest BCUT2D eigenvalue weighted by atomic mass is 16.4. The molecule has 12 atom stereocenters. The van der Waals surface area contributed by atoms with E-state index in [4.69, 9.17) is 5.73 Å². The number of nitrogens with two attached hydrogens (primary N) is 1. The summed E-state index contributed by atoms with van der Waals surface area (Å²) in [5.41, 5.74) is 0.543. The number of fused-ring (bicyclic) bond motifs is 6. The van der Waals surface area contributed by atoms with Crippen molar-refractivity contribution in [2.24, 2.45) is 53.1 Å². The maximum Gasteiger partial charge on any atom is 0.321 e. The zero-order chi connectivity index (χ0) is 48.2. The Morgan fingerprint density at radius 1 is 0.636 bits per heavy atom. The molecule has 18 nitrogen and oxygen atoms in total. The highest BCUT2D eigenvalue weighted by molar-refractivity contribution is 6.33. The molecule has 342 valence electrons. The summed E-state index contributed by atoms with van der Waals surface area (Å²) in [5, 5.41) is 55.0. The maximum atomic E-state index is 14.1. The van der Waals surface area contributed by atoms with Crippen LogP contribution in [-0.4, -0.2) is 145 Å². The van der Waals surface area contributed by atoms with Crippen molar-refractivity contribution in [1.82, 2.24) is 9.80 Å². The molecule has 6 aliphatic rings. The molecular formula is C48H45N3O15. The largest absolute Gasteiger partial charge is 0.507 e. The van der Waals surface area contributed by atoms with E-state index in [0.717, 1.165) is 0 Å². The summed E-state index contributed by atoms with van der Waals surface area (Å²) in [7, 11) is 5.90. The van der Waals surface area contributed by atoms with Crippen LogP contribution in [0.15, 0.2) is 24.3 Å². The lowest BCUT2D eigenvalue weighted by Crippen LogP contribution is -2.74. The molecule has 0 saturated heterocycles. The molecule has 4 saturated carbocycles. The second-order valence-electron chi connectivity index (χ2n) is 18.6. The van der Waals surface area contributed by atoms with Gasteiger partial charge in [0.15, 0.2) is 69.3 Å². The Labute approximate surface area is 376 Å². The number of carboxylic acids is 1. The number of aromatic hydroxyl groups is 2. The molecule has 0 spiro atoms. The van der Waals surface area contributed by atoms with Crippen molar-refractivity contribution in [3.63, 3.8) is 0 Å². The molecule has 2 aromatic rings. The topological polar surface area (TPSA) is 304 Å². The zero-order valence-corrected chi connectivity index (χ0v) is 36.1. The number of likely N-dealkylation sites (N-methyl/N-ethyl adjacent to an activating group) is 2. The molecule has 0 aromatic heterocycles. The van der Waals surface area contributed by atoms with Crippen LogP contribution in [-0.2, 0) is 51.2 Å². The highest BCUT2D eigenvalue weighted by Gasteiger charge is 2.71. The fourth-order valence-corrected chi connectivity index (χ4v) is 11.8. The quantitative estimate of drug-likeness (QED) is 0.117. The Balaban J connectivity index is 1.03. The minimum Gasteiger partial charge on any atom is -0.507 e. The zero-order valence-electron chi connectivity index (χ0n) is 36.1. The van der Waals surface area contributed by atoms with Crippen molar-refractivity contribution in [2.75, 3.05) is 28.2 Å². The summed E-state index contributed by atoms with van der Waals surface area (Å²) in [4.78, 5) is 137. The smallest absolute Gasteiger partial charge is 0.321 e. The van der Waals surface area contributed by atoms with E-state index in [0.29, 0.717) is 22.3 Å². The first-order chi connectivity index (χ1) is 31.0. The van der Waals surface area contributed by atoms with Gasteiger partial charge in [0.2, 0.25) is 5.91 Å². The Hall–Kier alpha value is -6.70. The van der Waals surface area contributed by atoms with Gasteiger partial charge in [0.1, 0.15) is 11.5 Å². The number of hydrogen-bond acceptors (Lipinski definition) is 16. The average molecular weight is 904 g/mol. The van der Waals surface area contributed by atoms with E-state index in [9.17, 15) is 73.5 Å². The molecule has 4 unspecified atom stereocenters. The average Bonchev–Trinajstić information content (AvgIpc) is 3.22. The fraction of sp³-hybridized carbons (Fsp3) is 0.458. The van der Waals surface area contributed by atoms with Crippen LogP contribution in [0.3, 0.4) is 0 Å². The summed E-state index contributed by atoms with van der Waals surface area (Å²) in [6, 6.07) is 2.88. The van der Waals surface area contributed by atoms with Crippen molar-refractivity contribution in [3.8, 4) is 35.2 Å². The minimum atomic E-state index is -2.93. The molecule has 6 aliphatic carbocycles. The number of aliphatic carboxylic acids is 1. The summed E-state index contributed by atoms with van der Waals surface area (Å²) in [6.45, 7) is 0. The highest BCUT2D eigenvalue weighted by Crippen LogP contribution is 2.53. The number of hydrogen-bond donors (Lipinski definition) is 6. The predicted octanol–water partition coefficient (Wildman–Crippen LogP) is -1.17. The van der Waals surface area contributed by atoms with Crippen molar-refractivity contribution < 1.29 is 73.5 Å². The van der Waals surface area contributed by atoms with E-state index in [-0.39, 0.29) is 49.7 Å². The van der Waals surface area contributed by atoms with Crippen LogP contribution in [0.1, 0.15) is 68.7 Å². The van der Waals surface area contributed by atoms with Gasteiger partial charge in [-0.05, 0) is 101 Å². The molecule has 66 heavy (non-hydrogen) atoms. The monoisotopic (exact) mass is 903 g/mol. The second kappa shape index (κ2) is 16.0. The number of primary amides is 1. The number of benzene rings is 2. The molecule has 0 radical (unpaired) electrons. The number of carboxylic acid groups (broad SMARTS) is 1. The molecule has 0 aliphatic heterocycles. The van der Waals surface area contributed by atoms with Gasteiger partial charge in [-0.1, -0.05) is 23.7 Å². The Kier molecular flexibility index (Phi) is 11.1. The second-order valence-corrected chi connectivity index (χ2v) is 18.6. The van der Waals surface area contributed by atoms with Gasteiger partial charge in [0, 0.05) is 35.8 Å². The summed E-state index contributed by atoms with van der Waals surface area (Å²) >= 11 is 0. The van der Waals surface area contributed by atoms with E-state index in [1.54, 1.807) is 0 Å². The summed E-state index contributed by atoms with van der Waals surface area (Å²) in [5.74, 6) is -12.6. The first-order valence-corrected chi connectivity index (χ1v) is 21.3. The normalized spacial score (nSPS) is 33.3. The van der Waals surface area contributed by atoms with Gasteiger partial charge in [0.05, 0.1) is 35.0 Å². The van der Waals surface area contributed by atoms with Crippen molar-refractivity contribution >= 4 is 58.1 Å². The SMILES string of the molecule is CN(C)[C@@H]1C(=O)C(C(N)=O)C(=O)[C@@]2(O)C(=O)C3C(=O)c4c(O)ccc(C#CCCC#Cc5ccc(O)c6c5C[C@H]5C[C@H]7[C@H](N(C)C)C(=O)C(C(=O)O)C(=O)[C@@]7(O)C(=O)C5C6=O)c4C[C@H]3C[C@@H]12. The van der Waals surface area contributed by atoms with Gasteiger partial charge >= 0.3 is 5.97 Å². The number of amides is 1. The number of phenolic OH excluding ortho intramolecular Hbond substituents is 2. The molecule has 1 amide bonds. The van der Waals surface area contributed by atoms with Gasteiger partial charge in [-0.25, -0.2) is 0 Å². The fourth-order valence-electron chi connectivity index (χ4n) is 11.8. The number of nitrogens with zero attached hydrogens (tertiary/aromatic N) is 2. The molecule has 4 fully saturated rings. The number of Topliss-reactive ketones (excluding diaryl/α,β-unsaturated/α-hetero) is 8. The molecule has 2 aromatic carbocycles. The van der Waals surface area contributed by atoms with Crippen LogP contribution in [0.5, 0.6) is 11.5 Å². The molecular weight excluding hydrogens is 859 g/mol. The number of rotatable bonds is 5. The number of ketones is 8. The summed E-state index contributed by atoms with van der Waals surface area (Å²) < 4.78 is 0. The molecule has 8 rings (SSSR count). The van der Waals surface area contributed by atoms with Crippen LogP contribution in [0.2, 0.25) is 0 Å². The van der Waals surface area contributed by atoms with E-state index in [1.807, 2.05) is 0 Å². The molecule has 0 bridgehead atoms. The lowest BCUT2D eigenvalue weighted by molar-refractivity contribution is -0.184. The van der Waals surface area contributed by atoms with Crippen LogP contribution in [0.4, 0.5) is 0 Å². The number of carbonyl (C=O) groups excluding carboxylic acids is 9. The van der Waals surface area contributed by atoms with Crippen LogP contribution >= 0.6 is 0 Å². The van der Waals surface area contributed by atoms with Crippen LogP contribution in [0, 0.1) is 71.0 Å². The van der Waals surface area contributed by atoms with E-state index in [2.05, 4.69) is 23.7 Å². The van der Waals surface area contributed by atoms with Gasteiger partial charge in [-0.3, -0.25) is 57.7 Å². The Bertz CT molecular complexity index is 2600. The molecule has 18 heteroatoms. The third-order valence-electron chi connectivity index (χ3n) is 14.7. The number of phenols is 2. The summed E-state index contributed by atoms with van der Waals surface area (Å²) in [6.07, 6.45) is 0.0846. The van der Waals surface area contributed by atoms with Crippen LogP contribution < -0.4 is 5.73 Å². The number of unbranched alkanes of at least 4 members (excludes halogenated alkanes) is 1. The first-order valence-electron chi connectivity index (χ1n) is 21.3. The van der Waals surface area contributed by atoms with Crippen molar-refractivity contribution in [1.29, 1.82) is 0 Å². The number of aliphatic hydroxyl groups is 2.